The summed E-state index contributed by atoms with van der Waals surface area (Å²) in [6, 6.07) is 0.450. The molecule has 0 aromatic carbocycles. The maximum Gasteiger partial charge on any atom is 0.108 e. The van der Waals surface area contributed by atoms with E-state index in [9.17, 15) is 0 Å². The summed E-state index contributed by atoms with van der Waals surface area (Å²) in [5, 5.41) is 17.0. The predicted octanol–water partition coefficient (Wildman–Crippen LogP) is 1.06. The monoisotopic (exact) mass is 238 g/mol. The van der Waals surface area contributed by atoms with Gasteiger partial charge < -0.3 is 10.0 Å². The zero-order valence-electron chi connectivity index (χ0n) is 10.7. The van der Waals surface area contributed by atoms with Crippen molar-refractivity contribution in [3.05, 3.63) is 11.9 Å². The molecule has 17 heavy (non-hydrogen) atoms. The van der Waals surface area contributed by atoms with Crippen LogP contribution in [0.3, 0.4) is 0 Å². The van der Waals surface area contributed by atoms with Crippen LogP contribution in [0.5, 0.6) is 0 Å². The third kappa shape index (κ3) is 3.26. The number of nitrogens with zero attached hydrogens (tertiary/aromatic N) is 4. The van der Waals surface area contributed by atoms with E-state index in [0.29, 0.717) is 11.7 Å². The summed E-state index contributed by atoms with van der Waals surface area (Å²) in [6.07, 6.45) is 4.12. The van der Waals surface area contributed by atoms with E-state index in [4.69, 9.17) is 5.11 Å². The van der Waals surface area contributed by atoms with Gasteiger partial charge in [0.1, 0.15) is 5.69 Å². The molecule has 0 spiro atoms. The first-order chi connectivity index (χ1) is 8.19. The molecule has 0 bridgehead atoms. The van der Waals surface area contributed by atoms with Crippen LogP contribution in [-0.2, 0) is 6.61 Å². The van der Waals surface area contributed by atoms with Crippen molar-refractivity contribution in [3.8, 4) is 0 Å². The van der Waals surface area contributed by atoms with Gasteiger partial charge in [0.15, 0.2) is 0 Å². The normalized spacial score (nSPS) is 19.1. The summed E-state index contributed by atoms with van der Waals surface area (Å²) in [6.45, 7) is 7.96. The van der Waals surface area contributed by atoms with Gasteiger partial charge in [-0.2, -0.15) is 0 Å². The molecule has 2 rings (SSSR count). The van der Waals surface area contributed by atoms with Gasteiger partial charge in [0.25, 0.3) is 0 Å². The van der Waals surface area contributed by atoms with Crippen LogP contribution >= 0.6 is 0 Å². The highest BCUT2D eigenvalue weighted by molar-refractivity contribution is 4.91. The van der Waals surface area contributed by atoms with Crippen molar-refractivity contribution in [3.63, 3.8) is 0 Å². The lowest BCUT2D eigenvalue weighted by atomic mass is 10.0. The van der Waals surface area contributed by atoms with Crippen LogP contribution in [0.2, 0.25) is 0 Å². The summed E-state index contributed by atoms with van der Waals surface area (Å²) < 4.78 is 1.91. The number of aromatic nitrogens is 3. The van der Waals surface area contributed by atoms with Crippen molar-refractivity contribution < 1.29 is 5.11 Å². The quantitative estimate of drug-likeness (QED) is 0.852. The standard InChI is InChI=1S/C12H22N4O/c1-10(2)7-15-5-3-12(4-6-15)16-8-11(9-17)13-14-16/h8,10,12,17H,3-7,9H2,1-2H3. The maximum atomic E-state index is 8.97. The molecule has 5 heteroatoms. The van der Waals surface area contributed by atoms with Gasteiger partial charge in [-0.05, 0) is 18.8 Å². The number of hydrogen-bond acceptors (Lipinski definition) is 4. The van der Waals surface area contributed by atoms with Gasteiger partial charge in [0.2, 0.25) is 0 Å². The second-order valence-corrected chi connectivity index (χ2v) is 5.27. The van der Waals surface area contributed by atoms with Gasteiger partial charge in [-0.1, -0.05) is 19.1 Å². The van der Waals surface area contributed by atoms with E-state index >= 15 is 0 Å². The molecule has 1 aliphatic rings. The average Bonchev–Trinajstić information content (AvgIpc) is 2.78. The molecule has 0 aliphatic carbocycles. The second kappa shape index (κ2) is 5.60. The molecule has 1 aromatic heterocycles. The van der Waals surface area contributed by atoms with E-state index in [-0.39, 0.29) is 6.61 Å². The van der Waals surface area contributed by atoms with Gasteiger partial charge in [-0.15, -0.1) is 5.10 Å². The lowest BCUT2D eigenvalue weighted by molar-refractivity contribution is 0.163. The van der Waals surface area contributed by atoms with Crippen LogP contribution in [0.15, 0.2) is 6.20 Å². The van der Waals surface area contributed by atoms with Crippen LogP contribution in [0.1, 0.15) is 38.4 Å². The summed E-state index contributed by atoms with van der Waals surface area (Å²) in [4.78, 5) is 2.52. The molecule has 1 saturated heterocycles. The van der Waals surface area contributed by atoms with E-state index < -0.39 is 0 Å². The third-order valence-corrected chi connectivity index (χ3v) is 3.27. The number of hydrogen-bond donors (Lipinski definition) is 1. The fraction of sp³-hybridized carbons (Fsp3) is 0.833. The Kier molecular flexibility index (Phi) is 4.12. The van der Waals surface area contributed by atoms with Crippen molar-refractivity contribution in [1.82, 2.24) is 19.9 Å². The molecule has 1 aliphatic heterocycles. The van der Waals surface area contributed by atoms with Crippen LogP contribution in [0, 0.1) is 5.92 Å². The Bertz CT molecular complexity index is 342. The highest BCUT2D eigenvalue weighted by atomic mass is 16.3. The first-order valence-corrected chi connectivity index (χ1v) is 6.43. The number of aliphatic hydroxyl groups excluding tert-OH is 1. The highest BCUT2D eigenvalue weighted by Gasteiger charge is 2.21. The molecular weight excluding hydrogens is 216 g/mol. The first kappa shape index (κ1) is 12.5. The van der Waals surface area contributed by atoms with Gasteiger partial charge >= 0.3 is 0 Å². The Morgan fingerprint density at radius 3 is 2.65 bits per heavy atom. The lowest BCUT2D eigenvalue weighted by Gasteiger charge is -2.32. The molecule has 0 radical (unpaired) electrons. The molecule has 0 unspecified atom stereocenters. The number of likely N-dealkylation sites (tertiary alicyclic amines) is 1. The molecule has 96 valence electrons. The molecule has 1 aromatic rings. The Morgan fingerprint density at radius 2 is 2.12 bits per heavy atom. The van der Waals surface area contributed by atoms with Gasteiger partial charge in [-0.25, -0.2) is 4.68 Å². The third-order valence-electron chi connectivity index (χ3n) is 3.27. The lowest BCUT2D eigenvalue weighted by Crippen LogP contribution is -2.37. The molecule has 0 atom stereocenters. The van der Waals surface area contributed by atoms with Crippen molar-refractivity contribution in [2.24, 2.45) is 5.92 Å². The van der Waals surface area contributed by atoms with Crippen LogP contribution in [0.4, 0.5) is 0 Å². The smallest absolute Gasteiger partial charge is 0.108 e. The van der Waals surface area contributed by atoms with Crippen molar-refractivity contribution in [2.75, 3.05) is 19.6 Å². The van der Waals surface area contributed by atoms with E-state index in [1.165, 1.54) is 6.54 Å². The van der Waals surface area contributed by atoms with Crippen molar-refractivity contribution in [1.29, 1.82) is 0 Å². The molecule has 1 N–H and O–H groups in total. The average molecular weight is 238 g/mol. The highest BCUT2D eigenvalue weighted by Crippen LogP contribution is 2.22. The minimum absolute atomic E-state index is 0.0216. The Morgan fingerprint density at radius 1 is 1.41 bits per heavy atom. The predicted molar refractivity (Wildman–Crippen MR) is 65.5 cm³/mol. The number of aliphatic hydroxyl groups is 1. The van der Waals surface area contributed by atoms with E-state index in [1.54, 1.807) is 0 Å². The summed E-state index contributed by atoms with van der Waals surface area (Å²) >= 11 is 0. The van der Waals surface area contributed by atoms with Crippen molar-refractivity contribution in [2.45, 2.75) is 39.3 Å². The zero-order chi connectivity index (χ0) is 12.3. The Labute approximate surface area is 102 Å². The Hall–Kier alpha value is -0.940. The topological polar surface area (TPSA) is 54.2 Å². The summed E-state index contributed by atoms with van der Waals surface area (Å²) in [5.74, 6) is 0.735. The summed E-state index contributed by atoms with van der Waals surface area (Å²) in [7, 11) is 0. The molecule has 2 heterocycles. The molecule has 0 amide bonds. The largest absolute Gasteiger partial charge is 0.390 e. The van der Waals surface area contributed by atoms with Crippen LogP contribution in [-0.4, -0.2) is 44.6 Å². The van der Waals surface area contributed by atoms with E-state index in [0.717, 1.165) is 31.8 Å². The van der Waals surface area contributed by atoms with E-state index in [2.05, 4.69) is 29.1 Å². The fourth-order valence-electron chi connectivity index (χ4n) is 2.45. The maximum absolute atomic E-state index is 8.97. The molecule has 5 nitrogen and oxygen atoms in total. The van der Waals surface area contributed by atoms with Crippen LogP contribution in [0.25, 0.3) is 0 Å². The minimum atomic E-state index is -0.0216. The Balaban J connectivity index is 1.86. The SMILES string of the molecule is CC(C)CN1CCC(n2cc(CO)nn2)CC1. The number of piperidine rings is 1. The second-order valence-electron chi connectivity index (χ2n) is 5.27. The molecular formula is C12H22N4O. The van der Waals surface area contributed by atoms with Crippen LogP contribution < -0.4 is 0 Å². The summed E-state index contributed by atoms with van der Waals surface area (Å²) in [5.41, 5.74) is 0.662. The molecule has 1 fully saturated rings. The van der Waals surface area contributed by atoms with Gasteiger partial charge in [0.05, 0.1) is 18.8 Å². The first-order valence-electron chi connectivity index (χ1n) is 6.43. The van der Waals surface area contributed by atoms with Gasteiger partial charge in [0, 0.05) is 19.6 Å². The molecule has 0 saturated carbocycles. The van der Waals surface area contributed by atoms with Gasteiger partial charge in [-0.3, -0.25) is 0 Å². The van der Waals surface area contributed by atoms with Crippen molar-refractivity contribution >= 4 is 0 Å². The minimum Gasteiger partial charge on any atom is -0.390 e. The zero-order valence-corrected chi connectivity index (χ0v) is 10.7. The van der Waals surface area contributed by atoms with E-state index in [1.807, 2.05) is 10.9 Å². The fourth-order valence-corrected chi connectivity index (χ4v) is 2.45. The number of rotatable bonds is 4.